The minimum absolute atomic E-state index is 0.385. The molecule has 4 nitrogen and oxygen atoms in total. The van der Waals surface area contributed by atoms with E-state index in [0.29, 0.717) is 12.4 Å². The van der Waals surface area contributed by atoms with Crippen molar-refractivity contribution in [1.82, 2.24) is 0 Å². The highest BCUT2D eigenvalue weighted by Gasteiger charge is 2.07. The van der Waals surface area contributed by atoms with Crippen LogP contribution in [0.3, 0.4) is 0 Å². The van der Waals surface area contributed by atoms with E-state index in [9.17, 15) is 4.79 Å². The van der Waals surface area contributed by atoms with Gasteiger partial charge in [0, 0.05) is 7.11 Å². The van der Waals surface area contributed by atoms with E-state index >= 15 is 0 Å². The summed E-state index contributed by atoms with van der Waals surface area (Å²) in [7, 11) is 1.63. The molecule has 4 heteroatoms. The summed E-state index contributed by atoms with van der Waals surface area (Å²) in [6.45, 7) is 2.45. The van der Waals surface area contributed by atoms with Crippen molar-refractivity contribution in [3.05, 3.63) is 29.3 Å². The lowest BCUT2D eigenvalue weighted by molar-refractivity contribution is 0.144. The van der Waals surface area contributed by atoms with Gasteiger partial charge in [-0.25, -0.2) is 4.79 Å². The van der Waals surface area contributed by atoms with Crippen LogP contribution in [0.5, 0.6) is 5.75 Å². The van der Waals surface area contributed by atoms with E-state index in [1.807, 2.05) is 13.0 Å². The maximum Gasteiger partial charge on any atom is 0.511 e. The van der Waals surface area contributed by atoms with Crippen LogP contribution in [0.2, 0.25) is 0 Å². The molecule has 0 bridgehead atoms. The van der Waals surface area contributed by atoms with Crippen LogP contribution in [0.4, 0.5) is 4.79 Å². The van der Waals surface area contributed by atoms with Crippen molar-refractivity contribution in [1.29, 1.82) is 0 Å². The topological polar surface area (TPSA) is 55.8 Å². The molecule has 0 saturated carbocycles. The second-order valence-electron chi connectivity index (χ2n) is 3.15. The van der Waals surface area contributed by atoms with Gasteiger partial charge in [-0.3, -0.25) is 0 Å². The Morgan fingerprint density at radius 2 is 2.20 bits per heavy atom. The zero-order valence-corrected chi connectivity index (χ0v) is 8.82. The fraction of sp³-hybridized carbons (Fsp3) is 0.364. The molecular formula is C11H14O4. The number of hydrogen-bond donors (Lipinski definition) is 1. The van der Waals surface area contributed by atoms with Crippen molar-refractivity contribution in [2.24, 2.45) is 0 Å². The third-order valence-corrected chi connectivity index (χ3v) is 2.17. The van der Waals surface area contributed by atoms with Crippen molar-refractivity contribution < 1.29 is 19.4 Å². The quantitative estimate of drug-likeness (QED) is 0.611. The molecule has 0 aliphatic carbocycles. The highest BCUT2D eigenvalue weighted by Crippen LogP contribution is 2.21. The molecule has 1 aromatic carbocycles. The monoisotopic (exact) mass is 210 g/mol. The van der Waals surface area contributed by atoms with Gasteiger partial charge < -0.3 is 14.6 Å². The Morgan fingerprint density at radius 3 is 2.80 bits per heavy atom. The summed E-state index contributed by atoms with van der Waals surface area (Å²) in [6, 6.07) is 5.35. The second kappa shape index (κ2) is 5.36. The van der Waals surface area contributed by atoms with Crippen LogP contribution in [-0.4, -0.2) is 25.0 Å². The molecule has 82 valence electrons. The van der Waals surface area contributed by atoms with Gasteiger partial charge >= 0.3 is 6.16 Å². The fourth-order valence-electron chi connectivity index (χ4n) is 1.35. The predicted octanol–water partition coefficient (Wildman–Crippen LogP) is 2.24. The van der Waals surface area contributed by atoms with E-state index in [-0.39, 0.29) is 0 Å². The molecule has 0 saturated heterocycles. The Morgan fingerprint density at radius 1 is 1.47 bits per heavy atom. The van der Waals surface area contributed by atoms with E-state index < -0.39 is 6.16 Å². The first-order chi connectivity index (χ1) is 7.15. The number of ether oxygens (including phenoxy) is 2. The number of benzene rings is 1. The Balaban J connectivity index is 2.85. The van der Waals surface area contributed by atoms with Crippen LogP contribution >= 0.6 is 0 Å². The predicted molar refractivity (Wildman–Crippen MR) is 55.4 cm³/mol. The van der Waals surface area contributed by atoms with E-state index in [4.69, 9.17) is 9.84 Å². The molecule has 15 heavy (non-hydrogen) atoms. The summed E-state index contributed by atoms with van der Waals surface area (Å²) in [5.74, 6) is 0.385. The summed E-state index contributed by atoms with van der Waals surface area (Å²) in [5.41, 5.74) is 1.88. The van der Waals surface area contributed by atoms with Gasteiger partial charge in [-0.15, -0.1) is 0 Å². The van der Waals surface area contributed by atoms with Gasteiger partial charge in [-0.05, 0) is 30.5 Å². The molecule has 0 unspecified atom stereocenters. The summed E-state index contributed by atoms with van der Waals surface area (Å²) in [4.78, 5) is 10.4. The lowest BCUT2D eigenvalue weighted by Crippen LogP contribution is -2.06. The molecule has 0 spiro atoms. The zero-order chi connectivity index (χ0) is 11.3. The number of methoxy groups -OCH3 is 1. The molecular weight excluding hydrogens is 196 g/mol. The van der Waals surface area contributed by atoms with Crippen LogP contribution in [0.15, 0.2) is 18.2 Å². The van der Waals surface area contributed by atoms with E-state index in [2.05, 4.69) is 4.74 Å². The molecule has 0 aromatic heterocycles. The highest BCUT2D eigenvalue weighted by atomic mass is 16.7. The Bertz CT molecular complexity index is 346. The number of carbonyl (C=O) groups is 1. The van der Waals surface area contributed by atoms with Crippen LogP contribution in [0, 0.1) is 6.92 Å². The molecule has 0 atom stereocenters. The van der Waals surface area contributed by atoms with Gasteiger partial charge in [-0.1, -0.05) is 12.1 Å². The fourth-order valence-corrected chi connectivity index (χ4v) is 1.35. The van der Waals surface area contributed by atoms with Gasteiger partial charge in [-0.2, -0.15) is 0 Å². The number of carboxylic acid groups (broad SMARTS) is 1. The summed E-state index contributed by atoms with van der Waals surface area (Å²) in [6.07, 6.45) is -0.541. The Labute approximate surface area is 88.4 Å². The molecule has 0 amide bonds. The summed E-state index contributed by atoms with van der Waals surface area (Å²) >= 11 is 0. The second-order valence-corrected chi connectivity index (χ2v) is 3.15. The number of hydrogen-bond acceptors (Lipinski definition) is 3. The van der Waals surface area contributed by atoms with Crippen molar-refractivity contribution in [2.75, 3.05) is 13.7 Å². The average Bonchev–Trinajstić information content (AvgIpc) is 2.19. The molecule has 0 heterocycles. The molecule has 0 fully saturated rings. The molecule has 1 rings (SSSR count). The summed E-state index contributed by atoms with van der Waals surface area (Å²) in [5, 5.41) is 8.51. The lowest BCUT2D eigenvalue weighted by Gasteiger charge is -2.09. The normalized spacial score (nSPS) is 10.0. The SMILES string of the molecule is COCCc1cccc(OC(=O)O)c1C. The maximum atomic E-state index is 10.4. The van der Waals surface area contributed by atoms with E-state index in [1.54, 1.807) is 19.2 Å². The van der Waals surface area contributed by atoms with E-state index in [0.717, 1.165) is 17.5 Å². The Hall–Kier alpha value is -1.55. The average molecular weight is 210 g/mol. The van der Waals surface area contributed by atoms with Crippen LogP contribution in [-0.2, 0) is 11.2 Å². The largest absolute Gasteiger partial charge is 0.511 e. The first-order valence-corrected chi connectivity index (χ1v) is 4.63. The van der Waals surface area contributed by atoms with Gasteiger partial charge in [0.2, 0.25) is 0 Å². The van der Waals surface area contributed by atoms with E-state index in [1.165, 1.54) is 0 Å². The molecule has 1 N–H and O–H groups in total. The minimum atomic E-state index is -1.29. The molecule has 1 aromatic rings. The highest BCUT2D eigenvalue weighted by molar-refractivity contribution is 5.62. The lowest BCUT2D eigenvalue weighted by atomic mass is 10.1. The van der Waals surface area contributed by atoms with Gasteiger partial charge in [0.25, 0.3) is 0 Å². The third-order valence-electron chi connectivity index (χ3n) is 2.17. The van der Waals surface area contributed by atoms with Gasteiger partial charge in [0.05, 0.1) is 6.61 Å². The first kappa shape index (κ1) is 11.5. The molecule has 0 aliphatic heterocycles. The third kappa shape index (κ3) is 3.25. The maximum absolute atomic E-state index is 10.4. The summed E-state index contributed by atoms with van der Waals surface area (Å²) < 4.78 is 9.61. The zero-order valence-electron chi connectivity index (χ0n) is 8.82. The van der Waals surface area contributed by atoms with Crippen molar-refractivity contribution in [3.8, 4) is 5.75 Å². The molecule has 0 aliphatic rings. The van der Waals surface area contributed by atoms with Crippen molar-refractivity contribution >= 4 is 6.16 Å². The van der Waals surface area contributed by atoms with Crippen molar-refractivity contribution in [3.63, 3.8) is 0 Å². The smallest absolute Gasteiger partial charge is 0.449 e. The first-order valence-electron chi connectivity index (χ1n) is 4.63. The van der Waals surface area contributed by atoms with Gasteiger partial charge in [0.15, 0.2) is 0 Å². The van der Waals surface area contributed by atoms with Crippen LogP contribution in [0.1, 0.15) is 11.1 Å². The van der Waals surface area contributed by atoms with Crippen LogP contribution in [0.25, 0.3) is 0 Å². The number of rotatable bonds is 4. The van der Waals surface area contributed by atoms with Crippen molar-refractivity contribution in [2.45, 2.75) is 13.3 Å². The van der Waals surface area contributed by atoms with Crippen LogP contribution < -0.4 is 4.74 Å². The van der Waals surface area contributed by atoms with Gasteiger partial charge in [0.1, 0.15) is 5.75 Å². The standard InChI is InChI=1S/C11H14O4/c1-8-9(6-7-14-2)4-3-5-10(8)15-11(12)13/h3-5H,6-7H2,1-2H3,(H,12,13). The Kier molecular flexibility index (Phi) is 4.12. The minimum Gasteiger partial charge on any atom is -0.449 e. The molecule has 0 radical (unpaired) electrons.